The molecule has 0 bridgehead atoms. The van der Waals surface area contributed by atoms with E-state index in [1.165, 1.54) is 4.90 Å². The summed E-state index contributed by atoms with van der Waals surface area (Å²) in [6.07, 6.45) is 3.51. The number of hydrogen-bond donors (Lipinski definition) is 2. The molecule has 1 saturated carbocycles. The largest absolute Gasteiger partial charge is 0.445 e. The van der Waals surface area contributed by atoms with Gasteiger partial charge in [0.1, 0.15) is 6.04 Å². The molecule has 2 heterocycles. The first-order valence-electron chi connectivity index (χ1n) is 14.5. The maximum Gasteiger partial charge on any atom is 0.330 e. The third-order valence-corrected chi connectivity index (χ3v) is 8.73. The third-order valence-electron chi connectivity index (χ3n) is 8.73. The van der Waals surface area contributed by atoms with Gasteiger partial charge in [0.15, 0.2) is 12.5 Å². The van der Waals surface area contributed by atoms with Crippen LogP contribution in [-0.2, 0) is 20.7 Å². The summed E-state index contributed by atoms with van der Waals surface area (Å²) in [5.74, 6) is 4.84. The number of nitrogens with two attached hydrogens (primary N) is 1. The van der Waals surface area contributed by atoms with Crippen molar-refractivity contribution in [3.8, 4) is 0 Å². The summed E-state index contributed by atoms with van der Waals surface area (Å²) < 4.78 is 6.04. The van der Waals surface area contributed by atoms with Gasteiger partial charge in [-0.25, -0.2) is 20.5 Å². The van der Waals surface area contributed by atoms with Gasteiger partial charge < -0.3 is 14.7 Å². The van der Waals surface area contributed by atoms with E-state index >= 15 is 0 Å². The van der Waals surface area contributed by atoms with E-state index in [9.17, 15) is 19.5 Å². The number of hydrazine groups is 1. The molecule has 41 heavy (non-hydrogen) atoms. The zero-order valence-electron chi connectivity index (χ0n) is 23.0. The first-order chi connectivity index (χ1) is 19.9. The number of carbonyl (C=O) groups excluding carboxylic acids is 3. The van der Waals surface area contributed by atoms with Crippen molar-refractivity contribution in [2.75, 3.05) is 11.6 Å². The molecule has 0 spiro atoms. The molecule has 3 N–H and O–H groups in total. The summed E-state index contributed by atoms with van der Waals surface area (Å²) in [6, 6.07) is 19.5. The van der Waals surface area contributed by atoms with Crippen LogP contribution in [0.5, 0.6) is 0 Å². The van der Waals surface area contributed by atoms with Crippen LogP contribution in [0, 0.1) is 0 Å². The highest BCUT2D eigenvalue weighted by Crippen LogP contribution is 2.32. The maximum atomic E-state index is 14.4. The van der Waals surface area contributed by atoms with Gasteiger partial charge in [-0.05, 0) is 60.2 Å². The molecule has 3 aromatic carbocycles. The van der Waals surface area contributed by atoms with Gasteiger partial charge in [-0.3, -0.25) is 9.59 Å². The normalized spacial score (nSPS) is 24.3. The van der Waals surface area contributed by atoms with Crippen LogP contribution in [0.4, 0.5) is 5.69 Å². The molecule has 214 valence electrons. The number of esters is 1. The van der Waals surface area contributed by atoms with Gasteiger partial charge in [0.2, 0.25) is 0 Å². The van der Waals surface area contributed by atoms with Crippen LogP contribution < -0.4 is 10.9 Å². The minimum Gasteiger partial charge on any atom is -0.445 e. The molecule has 2 fully saturated rings. The number of nitrogens with zero attached hydrogens (tertiary/aromatic N) is 3. The molecule has 1 saturated heterocycles. The van der Waals surface area contributed by atoms with Gasteiger partial charge in [-0.1, -0.05) is 67.8 Å². The molecule has 3 aromatic rings. The lowest BCUT2D eigenvalue weighted by molar-refractivity contribution is -0.174. The minimum absolute atomic E-state index is 0.120. The van der Waals surface area contributed by atoms with Crippen LogP contribution in [0.3, 0.4) is 0 Å². The van der Waals surface area contributed by atoms with Crippen molar-refractivity contribution >= 4 is 34.2 Å². The van der Waals surface area contributed by atoms with Crippen LogP contribution in [0.2, 0.25) is 0 Å². The average Bonchev–Trinajstić information content (AvgIpc) is 3.47. The Morgan fingerprint density at radius 3 is 2.44 bits per heavy atom. The van der Waals surface area contributed by atoms with Crippen molar-refractivity contribution in [1.29, 1.82) is 0 Å². The highest BCUT2D eigenvalue weighted by molar-refractivity contribution is 6.01. The summed E-state index contributed by atoms with van der Waals surface area (Å²) in [5, 5.41) is 13.9. The number of benzene rings is 3. The summed E-state index contributed by atoms with van der Waals surface area (Å²) in [5.41, 5.74) is 1.51. The summed E-state index contributed by atoms with van der Waals surface area (Å²) in [4.78, 5) is 45.0. The van der Waals surface area contributed by atoms with E-state index in [0.29, 0.717) is 36.2 Å². The zero-order valence-corrected chi connectivity index (χ0v) is 23.0. The van der Waals surface area contributed by atoms with Crippen molar-refractivity contribution in [3.63, 3.8) is 0 Å². The molecule has 9 heteroatoms. The molecule has 0 radical (unpaired) electrons. The van der Waals surface area contributed by atoms with Crippen molar-refractivity contribution in [2.24, 2.45) is 5.84 Å². The smallest absolute Gasteiger partial charge is 0.330 e. The molecule has 9 nitrogen and oxygen atoms in total. The second-order valence-corrected chi connectivity index (χ2v) is 11.3. The number of amides is 2. The third kappa shape index (κ3) is 5.32. The lowest BCUT2D eigenvalue weighted by Crippen LogP contribution is -2.55. The van der Waals surface area contributed by atoms with Crippen LogP contribution >= 0.6 is 0 Å². The van der Waals surface area contributed by atoms with E-state index in [4.69, 9.17) is 10.6 Å². The van der Waals surface area contributed by atoms with Crippen molar-refractivity contribution in [2.45, 2.75) is 75.9 Å². The maximum absolute atomic E-state index is 14.4. The first-order valence-corrected chi connectivity index (χ1v) is 14.5. The monoisotopic (exact) mass is 556 g/mol. The lowest BCUT2D eigenvalue weighted by atomic mass is 9.90. The number of ether oxygens (including phenoxy) is 1. The topological polar surface area (TPSA) is 116 Å². The van der Waals surface area contributed by atoms with Gasteiger partial charge in [0.25, 0.3) is 11.8 Å². The highest BCUT2D eigenvalue weighted by atomic mass is 16.6. The minimum atomic E-state index is -1.56. The number of aliphatic hydroxyl groups excluding tert-OH is 1. The molecule has 6 rings (SSSR count). The lowest BCUT2D eigenvalue weighted by Gasteiger charge is -2.40. The Bertz CT molecular complexity index is 1450. The number of anilines is 1. The average molecular weight is 557 g/mol. The Hall–Kier alpha value is -3.79. The fourth-order valence-electron chi connectivity index (χ4n) is 6.58. The van der Waals surface area contributed by atoms with Crippen molar-refractivity contribution < 1.29 is 24.2 Å². The predicted molar refractivity (Wildman–Crippen MR) is 154 cm³/mol. The first kappa shape index (κ1) is 27.4. The van der Waals surface area contributed by atoms with Crippen LogP contribution in [-0.4, -0.2) is 63.8 Å². The summed E-state index contributed by atoms with van der Waals surface area (Å²) in [7, 11) is 0. The second-order valence-electron chi connectivity index (χ2n) is 11.3. The molecular formula is C32H36N4O5. The molecular weight excluding hydrogens is 520 g/mol. The number of fused-ring (bicyclic) bond motifs is 3. The Labute approximate surface area is 239 Å². The van der Waals surface area contributed by atoms with Gasteiger partial charge in [-0.15, -0.1) is 0 Å². The fourth-order valence-corrected chi connectivity index (χ4v) is 6.58. The molecule has 3 aliphatic rings. The van der Waals surface area contributed by atoms with E-state index in [-0.39, 0.29) is 18.4 Å². The van der Waals surface area contributed by atoms with E-state index in [1.807, 2.05) is 48.5 Å². The Morgan fingerprint density at radius 2 is 1.63 bits per heavy atom. The molecule has 1 aliphatic carbocycles. The quantitative estimate of drug-likeness (QED) is 0.287. The van der Waals surface area contributed by atoms with Gasteiger partial charge >= 0.3 is 5.97 Å². The fraction of sp³-hybridized carbons (Fsp3) is 0.406. The number of hydrogen-bond acceptors (Lipinski definition) is 7. The van der Waals surface area contributed by atoms with Gasteiger partial charge in [-0.2, -0.15) is 0 Å². The molecule has 2 amide bonds. The summed E-state index contributed by atoms with van der Waals surface area (Å²) >= 11 is 0. The molecule has 3 atom stereocenters. The molecule has 3 unspecified atom stereocenters. The predicted octanol–water partition coefficient (Wildman–Crippen LogP) is 3.73. The van der Waals surface area contributed by atoms with Crippen LogP contribution in [0.25, 0.3) is 10.8 Å². The molecule has 2 aliphatic heterocycles. The van der Waals surface area contributed by atoms with Gasteiger partial charge in [0.05, 0.1) is 5.69 Å². The highest BCUT2D eigenvalue weighted by Gasteiger charge is 2.43. The number of rotatable bonds is 3. The number of carbonyl (C=O) groups is 3. The Morgan fingerprint density at radius 1 is 0.902 bits per heavy atom. The number of aliphatic hydroxyl groups is 1. The SMILES string of the molecule is NN1C(=O)C(O)N2CCCC2OC(=O)C(N(C(=O)c2ccc3ccccc3c2)C2CCCCC2)Cc2ccccc21. The standard InChI is InChI=1S/C32H36N4O5/c33-36-26-14-7-6-11-23(26)20-27(32(40)41-28-15-8-18-34(28)30(38)31(36)39)35(25-12-2-1-3-13-25)29(37)24-17-16-21-9-4-5-10-22(21)19-24/h4-7,9-11,14,16-17,19,25,27-28,30,38H,1-3,8,12-13,15,18,20,33H2. The van der Waals surface area contributed by atoms with E-state index < -0.39 is 30.4 Å². The second kappa shape index (κ2) is 11.6. The Kier molecular flexibility index (Phi) is 7.75. The zero-order chi connectivity index (χ0) is 28.5. The van der Waals surface area contributed by atoms with Crippen molar-refractivity contribution in [3.05, 3.63) is 77.9 Å². The van der Waals surface area contributed by atoms with Crippen LogP contribution in [0.15, 0.2) is 66.7 Å². The summed E-state index contributed by atoms with van der Waals surface area (Å²) in [6.45, 7) is 0.382. The van der Waals surface area contributed by atoms with E-state index in [0.717, 1.165) is 47.9 Å². The molecule has 0 aromatic heterocycles. The number of para-hydroxylation sites is 1. The van der Waals surface area contributed by atoms with Gasteiger partial charge in [0, 0.05) is 24.6 Å². The Balaban J connectivity index is 1.45. The van der Waals surface area contributed by atoms with Crippen LogP contribution in [0.1, 0.15) is 60.9 Å². The van der Waals surface area contributed by atoms with E-state index in [2.05, 4.69) is 0 Å². The van der Waals surface area contributed by atoms with Crippen molar-refractivity contribution in [1.82, 2.24) is 9.80 Å². The van der Waals surface area contributed by atoms with E-state index in [1.54, 1.807) is 23.1 Å².